The Bertz CT molecular complexity index is 567. The van der Waals surface area contributed by atoms with Crippen LogP contribution in [0.4, 0.5) is 5.69 Å². The van der Waals surface area contributed by atoms with Crippen LogP contribution in [0.25, 0.3) is 0 Å². The van der Waals surface area contributed by atoms with Gasteiger partial charge in [-0.25, -0.2) is 5.84 Å². The monoisotopic (exact) mass is 301 g/mol. The summed E-state index contributed by atoms with van der Waals surface area (Å²) >= 11 is 0. The molecule has 0 radical (unpaired) electrons. The number of rotatable bonds is 4. The molecule has 1 aliphatic heterocycles. The van der Waals surface area contributed by atoms with Crippen molar-refractivity contribution in [1.29, 1.82) is 0 Å². The zero-order valence-corrected chi connectivity index (χ0v) is 12.8. The SMILES string of the molecule is NNC(=O)C1C(=O)N(CCC2CCCCC2)c2ccccc21. The molecule has 0 saturated heterocycles. The number of anilines is 1. The summed E-state index contributed by atoms with van der Waals surface area (Å²) in [4.78, 5) is 26.4. The van der Waals surface area contributed by atoms with E-state index in [-0.39, 0.29) is 5.91 Å². The standard InChI is InChI=1S/C17H23N3O2/c18-19-16(21)15-13-8-4-5-9-14(13)20(17(15)22)11-10-12-6-2-1-3-7-12/h4-5,8-9,12,15H,1-3,6-7,10-11,18H2,(H,19,21). The predicted octanol–water partition coefficient (Wildman–Crippen LogP) is 2.08. The van der Waals surface area contributed by atoms with Gasteiger partial charge in [0, 0.05) is 12.2 Å². The van der Waals surface area contributed by atoms with Crippen LogP contribution in [0.1, 0.15) is 50.0 Å². The fourth-order valence-electron chi connectivity index (χ4n) is 3.74. The van der Waals surface area contributed by atoms with Gasteiger partial charge in [-0.2, -0.15) is 0 Å². The zero-order chi connectivity index (χ0) is 15.5. The maximum absolute atomic E-state index is 12.6. The van der Waals surface area contributed by atoms with Crippen LogP contribution >= 0.6 is 0 Å². The minimum Gasteiger partial charge on any atom is -0.311 e. The van der Waals surface area contributed by atoms with Gasteiger partial charge in [-0.1, -0.05) is 50.3 Å². The summed E-state index contributed by atoms with van der Waals surface area (Å²) in [5.74, 6) is 4.56. The van der Waals surface area contributed by atoms with E-state index in [0.29, 0.717) is 12.5 Å². The molecule has 2 amide bonds. The molecule has 2 aliphatic rings. The van der Waals surface area contributed by atoms with Gasteiger partial charge in [-0.05, 0) is 24.0 Å². The Balaban J connectivity index is 1.76. The van der Waals surface area contributed by atoms with E-state index in [4.69, 9.17) is 5.84 Å². The highest BCUT2D eigenvalue weighted by Crippen LogP contribution is 2.38. The Kier molecular flexibility index (Phi) is 4.43. The smallest absolute Gasteiger partial charge is 0.251 e. The first-order valence-corrected chi connectivity index (χ1v) is 8.13. The number of carbonyl (C=O) groups is 2. The van der Waals surface area contributed by atoms with Gasteiger partial charge in [-0.3, -0.25) is 15.0 Å². The second kappa shape index (κ2) is 6.48. The Morgan fingerprint density at radius 1 is 1.23 bits per heavy atom. The third kappa shape index (κ3) is 2.73. The molecule has 5 heteroatoms. The fraction of sp³-hybridized carbons (Fsp3) is 0.529. The summed E-state index contributed by atoms with van der Waals surface area (Å²) in [5, 5.41) is 0. The fourth-order valence-corrected chi connectivity index (χ4v) is 3.74. The summed E-state index contributed by atoms with van der Waals surface area (Å²) < 4.78 is 0. The normalized spacial score (nSPS) is 21.8. The lowest BCUT2D eigenvalue weighted by atomic mass is 9.87. The van der Waals surface area contributed by atoms with Gasteiger partial charge in [0.25, 0.3) is 5.91 Å². The van der Waals surface area contributed by atoms with Gasteiger partial charge >= 0.3 is 0 Å². The van der Waals surface area contributed by atoms with Crippen molar-refractivity contribution in [2.75, 3.05) is 11.4 Å². The van der Waals surface area contributed by atoms with Crippen LogP contribution in [-0.2, 0) is 9.59 Å². The Hall–Kier alpha value is -1.88. The molecule has 3 N–H and O–H groups in total. The molecule has 1 saturated carbocycles. The Labute approximate surface area is 130 Å². The minimum absolute atomic E-state index is 0.153. The van der Waals surface area contributed by atoms with Crippen molar-refractivity contribution < 1.29 is 9.59 Å². The van der Waals surface area contributed by atoms with E-state index in [1.54, 1.807) is 4.90 Å². The van der Waals surface area contributed by atoms with Crippen molar-refractivity contribution in [1.82, 2.24) is 5.43 Å². The number of benzene rings is 1. The molecule has 1 aromatic rings. The van der Waals surface area contributed by atoms with Crippen LogP contribution in [0.15, 0.2) is 24.3 Å². The van der Waals surface area contributed by atoms with Crippen molar-refractivity contribution in [3.05, 3.63) is 29.8 Å². The van der Waals surface area contributed by atoms with E-state index in [9.17, 15) is 9.59 Å². The van der Waals surface area contributed by atoms with Crippen LogP contribution in [0.3, 0.4) is 0 Å². The molecular weight excluding hydrogens is 278 g/mol. The number of fused-ring (bicyclic) bond motifs is 1. The molecule has 0 bridgehead atoms. The van der Waals surface area contributed by atoms with E-state index in [2.05, 4.69) is 5.43 Å². The molecule has 118 valence electrons. The number of amides is 2. The van der Waals surface area contributed by atoms with E-state index in [1.807, 2.05) is 24.3 Å². The van der Waals surface area contributed by atoms with Crippen molar-refractivity contribution in [2.45, 2.75) is 44.4 Å². The number of nitrogens with one attached hydrogen (secondary N) is 1. The van der Waals surface area contributed by atoms with E-state index in [1.165, 1.54) is 32.1 Å². The topological polar surface area (TPSA) is 75.4 Å². The quantitative estimate of drug-likeness (QED) is 0.387. The predicted molar refractivity (Wildman–Crippen MR) is 85.1 cm³/mol. The van der Waals surface area contributed by atoms with Gasteiger partial charge in [0.15, 0.2) is 0 Å². The Morgan fingerprint density at radius 3 is 2.68 bits per heavy atom. The van der Waals surface area contributed by atoms with Crippen LogP contribution in [-0.4, -0.2) is 18.4 Å². The number of hydrogen-bond acceptors (Lipinski definition) is 3. The van der Waals surface area contributed by atoms with E-state index < -0.39 is 11.8 Å². The van der Waals surface area contributed by atoms with E-state index >= 15 is 0 Å². The molecule has 0 spiro atoms. The lowest BCUT2D eigenvalue weighted by Crippen LogP contribution is -2.40. The lowest BCUT2D eigenvalue weighted by molar-refractivity contribution is -0.129. The number of hydrazine groups is 1. The van der Waals surface area contributed by atoms with Crippen LogP contribution in [0.2, 0.25) is 0 Å². The largest absolute Gasteiger partial charge is 0.311 e. The molecule has 1 aliphatic carbocycles. The number of nitrogens with zero attached hydrogens (tertiary/aromatic N) is 1. The number of para-hydroxylation sites is 1. The third-order valence-electron chi connectivity index (χ3n) is 4.94. The van der Waals surface area contributed by atoms with Crippen LogP contribution in [0.5, 0.6) is 0 Å². The average Bonchev–Trinajstić information content (AvgIpc) is 2.85. The minimum atomic E-state index is -0.799. The van der Waals surface area contributed by atoms with Gasteiger partial charge in [0.05, 0.1) is 0 Å². The summed E-state index contributed by atoms with van der Waals surface area (Å²) in [7, 11) is 0. The van der Waals surface area contributed by atoms with Crippen LogP contribution < -0.4 is 16.2 Å². The highest BCUT2D eigenvalue weighted by atomic mass is 16.2. The Morgan fingerprint density at radius 2 is 1.95 bits per heavy atom. The summed E-state index contributed by atoms with van der Waals surface area (Å²) in [6, 6.07) is 7.52. The lowest BCUT2D eigenvalue weighted by Gasteiger charge is -2.25. The molecule has 22 heavy (non-hydrogen) atoms. The number of nitrogens with two attached hydrogens (primary N) is 1. The molecule has 1 unspecified atom stereocenters. The van der Waals surface area contributed by atoms with Gasteiger partial charge in [-0.15, -0.1) is 0 Å². The number of hydrogen-bond donors (Lipinski definition) is 2. The molecule has 1 heterocycles. The summed E-state index contributed by atoms with van der Waals surface area (Å²) in [6.07, 6.45) is 7.46. The highest BCUT2D eigenvalue weighted by Gasteiger charge is 2.41. The molecule has 0 aromatic heterocycles. The molecule has 3 rings (SSSR count). The maximum atomic E-state index is 12.6. The highest BCUT2D eigenvalue weighted by molar-refractivity contribution is 6.17. The second-order valence-electron chi connectivity index (χ2n) is 6.28. The molecule has 1 atom stereocenters. The summed E-state index contributed by atoms with van der Waals surface area (Å²) in [6.45, 7) is 0.689. The van der Waals surface area contributed by atoms with Crippen molar-refractivity contribution in [3.8, 4) is 0 Å². The van der Waals surface area contributed by atoms with Crippen molar-refractivity contribution in [2.24, 2.45) is 11.8 Å². The molecule has 1 fully saturated rings. The average molecular weight is 301 g/mol. The molecule has 5 nitrogen and oxygen atoms in total. The zero-order valence-electron chi connectivity index (χ0n) is 12.8. The van der Waals surface area contributed by atoms with Gasteiger partial charge in [0.2, 0.25) is 5.91 Å². The molecule has 1 aromatic carbocycles. The first-order chi connectivity index (χ1) is 10.7. The first-order valence-electron chi connectivity index (χ1n) is 8.13. The first kappa shape index (κ1) is 15.0. The van der Waals surface area contributed by atoms with Crippen molar-refractivity contribution >= 4 is 17.5 Å². The van der Waals surface area contributed by atoms with Crippen LogP contribution in [0, 0.1) is 5.92 Å². The van der Waals surface area contributed by atoms with Crippen molar-refractivity contribution in [3.63, 3.8) is 0 Å². The van der Waals surface area contributed by atoms with Gasteiger partial charge < -0.3 is 4.90 Å². The van der Waals surface area contributed by atoms with E-state index in [0.717, 1.165) is 17.7 Å². The second-order valence-corrected chi connectivity index (χ2v) is 6.28. The summed E-state index contributed by atoms with van der Waals surface area (Å²) in [5.41, 5.74) is 3.74. The van der Waals surface area contributed by atoms with Gasteiger partial charge in [0.1, 0.15) is 5.92 Å². The maximum Gasteiger partial charge on any atom is 0.251 e. The third-order valence-corrected chi connectivity index (χ3v) is 4.94. The number of carbonyl (C=O) groups excluding carboxylic acids is 2. The molecular formula is C17H23N3O2.